The summed E-state index contributed by atoms with van der Waals surface area (Å²) in [6.07, 6.45) is -1.49. The van der Waals surface area contributed by atoms with Gasteiger partial charge >= 0.3 is 11.9 Å². The molecule has 0 radical (unpaired) electrons. The number of carbonyl (C=O) groups excluding carboxylic acids is 1. The van der Waals surface area contributed by atoms with E-state index in [0.717, 1.165) is 0 Å². The first-order valence-corrected chi connectivity index (χ1v) is 4.81. The van der Waals surface area contributed by atoms with Crippen LogP contribution in [0.25, 0.3) is 0 Å². The highest BCUT2D eigenvalue weighted by Gasteiger charge is 2.48. The monoisotopic (exact) mass is 228 g/mol. The lowest BCUT2D eigenvalue weighted by atomic mass is 10.2. The van der Waals surface area contributed by atoms with Crippen LogP contribution in [0.2, 0.25) is 0 Å². The second kappa shape index (κ2) is 4.17. The molecular formula is C11H10F2O3. The molecule has 1 aliphatic rings. The van der Waals surface area contributed by atoms with Gasteiger partial charge in [0.1, 0.15) is 6.61 Å². The van der Waals surface area contributed by atoms with Crippen molar-refractivity contribution < 1.29 is 23.0 Å². The van der Waals surface area contributed by atoms with Crippen LogP contribution in [0.3, 0.4) is 0 Å². The molecule has 86 valence electrons. The second-order valence-corrected chi connectivity index (χ2v) is 3.54. The Hall–Kier alpha value is -1.49. The van der Waals surface area contributed by atoms with Crippen molar-refractivity contribution in [3.8, 4) is 0 Å². The SMILES string of the molecule is O=C(OC1COCC1(F)F)c1ccccc1. The van der Waals surface area contributed by atoms with E-state index >= 15 is 0 Å². The van der Waals surface area contributed by atoms with Crippen molar-refractivity contribution in [3.63, 3.8) is 0 Å². The van der Waals surface area contributed by atoms with E-state index in [1.54, 1.807) is 18.2 Å². The largest absolute Gasteiger partial charge is 0.450 e. The van der Waals surface area contributed by atoms with Gasteiger partial charge in [0.2, 0.25) is 0 Å². The molecule has 1 fully saturated rings. The molecule has 1 aliphatic heterocycles. The maximum absolute atomic E-state index is 13.1. The van der Waals surface area contributed by atoms with Crippen molar-refractivity contribution in [2.75, 3.05) is 13.2 Å². The maximum atomic E-state index is 13.1. The second-order valence-electron chi connectivity index (χ2n) is 3.54. The third-order valence-electron chi connectivity index (χ3n) is 2.29. The number of esters is 1. The van der Waals surface area contributed by atoms with Crippen LogP contribution < -0.4 is 0 Å². The molecule has 1 heterocycles. The number of hydrogen-bond donors (Lipinski definition) is 0. The highest BCUT2D eigenvalue weighted by molar-refractivity contribution is 5.89. The first-order valence-electron chi connectivity index (χ1n) is 4.81. The predicted octanol–water partition coefficient (Wildman–Crippen LogP) is 1.88. The van der Waals surface area contributed by atoms with Crippen LogP contribution >= 0.6 is 0 Å². The van der Waals surface area contributed by atoms with Crippen molar-refractivity contribution >= 4 is 5.97 Å². The lowest BCUT2D eigenvalue weighted by molar-refractivity contribution is -0.0853. The van der Waals surface area contributed by atoms with E-state index < -0.39 is 24.6 Å². The highest BCUT2D eigenvalue weighted by Crippen LogP contribution is 2.28. The van der Waals surface area contributed by atoms with Crippen LogP contribution in [0, 0.1) is 0 Å². The Labute approximate surface area is 91.0 Å². The zero-order chi connectivity index (χ0) is 11.6. The summed E-state index contributed by atoms with van der Waals surface area (Å²) in [7, 11) is 0. The molecule has 1 aromatic carbocycles. The molecule has 0 spiro atoms. The van der Waals surface area contributed by atoms with Gasteiger partial charge in [-0.25, -0.2) is 4.79 Å². The number of benzene rings is 1. The van der Waals surface area contributed by atoms with Gasteiger partial charge in [-0.3, -0.25) is 0 Å². The van der Waals surface area contributed by atoms with Crippen molar-refractivity contribution in [2.24, 2.45) is 0 Å². The molecule has 0 aliphatic carbocycles. The van der Waals surface area contributed by atoms with E-state index in [0.29, 0.717) is 0 Å². The number of hydrogen-bond acceptors (Lipinski definition) is 3. The number of carbonyl (C=O) groups is 1. The van der Waals surface area contributed by atoms with Gasteiger partial charge in [0.05, 0.1) is 12.2 Å². The summed E-state index contributed by atoms with van der Waals surface area (Å²) in [5.41, 5.74) is 0.255. The number of alkyl halides is 2. The average Bonchev–Trinajstić information content (AvgIpc) is 2.59. The van der Waals surface area contributed by atoms with Gasteiger partial charge in [-0.15, -0.1) is 0 Å². The standard InChI is InChI=1S/C11H10F2O3/c12-11(13)7-15-6-9(11)16-10(14)8-4-2-1-3-5-8/h1-5,9H,6-7H2. The van der Waals surface area contributed by atoms with Crippen molar-refractivity contribution in [2.45, 2.75) is 12.0 Å². The van der Waals surface area contributed by atoms with E-state index in [4.69, 9.17) is 4.74 Å². The Morgan fingerprint density at radius 1 is 1.38 bits per heavy atom. The fraction of sp³-hybridized carbons (Fsp3) is 0.364. The quantitative estimate of drug-likeness (QED) is 0.725. The summed E-state index contributed by atoms with van der Waals surface area (Å²) in [5.74, 6) is -3.85. The molecule has 1 unspecified atom stereocenters. The molecule has 3 nitrogen and oxygen atoms in total. The van der Waals surface area contributed by atoms with Gasteiger partial charge in [-0.1, -0.05) is 18.2 Å². The van der Waals surface area contributed by atoms with E-state index in [1.807, 2.05) is 0 Å². The van der Waals surface area contributed by atoms with E-state index in [9.17, 15) is 13.6 Å². The first kappa shape index (κ1) is 11.0. The van der Waals surface area contributed by atoms with Crippen LogP contribution in [-0.2, 0) is 9.47 Å². The lowest BCUT2D eigenvalue weighted by Crippen LogP contribution is -2.35. The summed E-state index contributed by atoms with van der Waals surface area (Å²) >= 11 is 0. The molecule has 5 heteroatoms. The average molecular weight is 228 g/mol. The molecule has 0 N–H and O–H groups in total. The maximum Gasteiger partial charge on any atom is 0.338 e. The van der Waals surface area contributed by atoms with E-state index in [-0.39, 0.29) is 12.2 Å². The Morgan fingerprint density at radius 3 is 2.62 bits per heavy atom. The Kier molecular flexibility index (Phi) is 2.87. The minimum atomic E-state index is -3.09. The fourth-order valence-electron chi connectivity index (χ4n) is 1.41. The topological polar surface area (TPSA) is 35.5 Å². The van der Waals surface area contributed by atoms with Crippen LogP contribution in [0.5, 0.6) is 0 Å². The van der Waals surface area contributed by atoms with Gasteiger partial charge in [-0.05, 0) is 12.1 Å². The number of halogens is 2. The molecule has 0 bridgehead atoms. The summed E-state index contributed by atoms with van der Waals surface area (Å²) in [6, 6.07) is 8.02. The predicted molar refractivity (Wildman–Crippen MR) is 51.4 cm³/mol. The Morgan fingerprint density at radius 2 is 2.06 bits per heavy atom. The Balaban J connectivity index is 2.03. The van der Waals surface area contributed by atoms with E-state index in [1.165, 1.54) is 12.1 Å². The van der Waals surface area contributed by atoms with Crippen molar-refractivity contribution in [1.29, 1.82) is 0 Å². The summed E-state index contributed by atoms with van der Waals surface area (Å²) in [6.45, 7) is -0.953. The van der Waals surface area contributed by atoms with Gasteiger partial charge in [-0.2, -0.15) is 8.78 Å². The smallest absolute Gasteiger partial charge is 0.338 e. The lowest BCUT2D eigenvalue weighted by Gasteiger charge is -2.17. The molecule has 0 aromatic heterocycles. The fourth-order valence-corrected chi connectivity index (χ4v) is 1.41. The summed E-state index contributed by atoms with van der Waals surface area (Å²) in [4.78, 5) is 11.5. The van der Waals surface area contributed by atoms with Crippen molar-refractivity contribution in [3.05, 3.63) is 35.9 Å². The van der Waals surface area contributed by atoms with Crippen LogP contribution in [-0.4, -0.2) is 31.2 Å². The minimum absolute atomic E-state index is 0.255. The van der Waals surface area contributed by atoms with E-state index in [2.05, 4.69) is 4.74 Å². The third kappa shape index (κ3) is 2.19. The van der Waals surface area contributed by atoms with Crippen LogP contribution in [0.15, 0.2) is 30.3 Å². The molecule has 1 aromatic rings. The Bertz CT molecular complexity index is 378. The third-order valence-corrected chi connectivity index (χ3v) is 2.29. The molecule has 2 rings (SSSR count). The molecule has 1 saturated heterocycles. The van der Waals surface area contributed by atoms with Gasteiger partial charge in [0.15, 0.2) is 6.10 Å². The van der Waals surface area contributed by atoms with Crippen LogP contribution in [0.1, 0.15) is 10.4 Å². The summed E-state index contributed by atoms with van der Waals surface area (Å²) < 4.78 is 35.4. The normalized spacial score (nSPS) is 23.0. The number of rotatable bonds is 2. The minimum Gasteiger partial charge on any atom is -0.450 e. The molecular weight excluding hydrogens is 218 g/mol. The molecule has 1 atom stereocenters. The highest BCUT2D eigenvalue weighted by atomic mass is 19.3. The number of ether oxygens (including phenoxy) is 2. The van der Waals surface area contributed by atoms with Crippen LogP contribution in [0.4, 0.5) is 8.78 Å². The zero-order valence-electron chi connectivity index (χ0n) is 8.36. The molecule has 0 saturated carbocycles. The molecule has 0 amide bonds. The zero-order valence-corrected chi connectivity index (χ0v) is 8.36. The van der Waals surface area contributed by atoms with Crippen molar-refractivity contribution in [1.82, 2.24) is 0 Å². The molecule has 16 heavy (non-hydrogen) atoms. The summed E-state index contributed by atoms with van der Waals surface area (Å²) in [5, 5.41) is 0. The van der Waals surface area contributed by atoms with Gasteiger partial charge < -0.3 is 9.47 Å². The first-order chi connectivity index (χ1) is 7.59. The van der Waals surface area contributed by atoms with Gasteiger partial charge in [0, 0.05) is 0 Å². The van der Waals surface area contributed by atoms with Gasteiger partial charge in [0.25, 0.3) is 0 Å².